The van der Waals surface area contributed by atoms with Crippen molar-refractivity contribution in [1.29, 1.82) is 0 Å². The molecule has 0 unspecified atom stereocenters. The number of amides is 2. The van der Waals surface area contributed by atoms with E-state index < -0.39 is 10.8 Å². The molecule has 152 valence electrons. The van der Waals surface area contributed by atoms with E-state index in [-0.39, 0.29) is 11.6 Å². The minimum Gasteiger partial charge on any atom is -0.455 e. The predicted octanol–water partition coefficient (Wildman–Crippen LogP) is 4.34. The summed E-state index contributed by atoms with van der Waals surface area (Å²) in [6, 6.07) is 14.1. The molecule has 9 nitrogen and oxygen atoms in total. The lowest BCUT2D eigenvalue weighted by molar-refractivity contribution is -0.384. The predicted molar refractivity (Wildman–Crippen MR) is 114 cm³/mol. The normalized spacial score (nSPS) is 10.7. The Morgan fingerprint density at radius 3 is 2.67 bits per heavy atom. The van der Waals surface area contributed by atoms with E-state index in [1.807, 2.05) is 0 Å². The molecule has 0 aliphatic carbocycles. The first kappa shape index (κ1) is 20.9. The largest absolute Gasteiger partial charge is 0.455 e. The Morgan fingerprint density at radius 1 is 1.17 bits per heavy atom. The van der Waals surface area contributed by atoms with Gasteiger partial charge in [-0.15, -0.1) is 0 Å². The van der Waals surface area contributed by atoms with E-state index in [1.54, 1.807) is 36.4 Å². The SMILES string of the molecule is CC(=O)Nc1cccc(C(=O)NN=Cc2ccc(-c3ccc([N+](=O)[O-])cc3Br)o2)c1. The van der Waals surface area contributed by atoms with E-state index in [9.17, 15) is 19.7 Å². The highest BCUT2D eigenvalue weighted by atomic mass is 79.9. The monoisotopic (exact) mass is 470 g/mol. The Kier molecular flexibility index (Phi) is 6.38. The molecule has 0 spiro atoms. The summed E-state index contributed by atoms with van der Waals surface area (Å²) in [6.45, 7) is 1.38. The minimum absolute atomic E-state index is 0.0377. The van der Waals surface area contributed by atoms with Crippen LogP contribution in [0.15, 0.2) is 68.6 Å². The zero-order valence-corrected chi connectivity index (χ0v) is 17.2. The molecule has 10 heteroatoms. The van der Waals surface area contributed by atoms with Gasteiger partial charge in [-0.3, -0.25) is 19.7 Å². The topological polar surface area (TPSA) is 127 Å². The third-order valence-corrected chi connectivity index (χ3v) is 4.51. The molecule has 0 atom stereocenters. The number of carbonyl (C=O) groups is 2. The van der Waals surface area contributed by atoms with Gasteiger partial charge in [0.05, 0.1) is 11.1 Å². The maximum Gasteiger partial charge on any atom is 0.271 e. The summed E-state index contributed by atoms with van der Waals surface area (Å²) in [5.74, 6) is 0.164. The molecule has 0 radical (unpaired) electrons. The van der Waals surface area contributed by atoms with E-state index in [2.05, 4.69) is 31.8 Å². The number of non-ortho nitro benzene ring substituents is 1. The summed E-state index contributed by atoms with van der Waals surface area (Å²) in [7, 11) is 0. The van der Waals surface area contributed by atoms with Crippen LogP contribution in [0.25, 0.3) is 11.3 Å². The van der Waals surface area contributed by atoms with Crippen molar-refractivity contribution in [2.24, 2.45) is 5.10 Å². The van der Waals surface area contributed by atoms with Gasteiger partial charge in [0, 0.05) is 40.3 Å². The molecule has 1 heterocycles. The fourth-order valence-electron chi connectivity index (χ4n) is 2.54. The van der Waals surface area contributed by atoms with E-state index in [0.717, 1.165) is 0 Å². The number of rotatable bonds is 6. The number of nitro groups is 1. The van der Waals surface area contributed by atoms with Gasteiger partial charge in [0.2, 0.25) is 5.91 Å². The number of nitrogens with one attached hydrogen (secondary N) is 2. The van der Waals surface area contributed by atoms with E-state index >= 15 is 0 Å². The number of nitrogens with zero attached hydrogens (tertiary/aromatic N) is 2. The number of nitro benzene ring substituents is 1. The second-order valence-corrected chi connectivity index (χ2v) is 6.94. The zero-order chi connectivity index (χ0) is 21.7. The highest BCUT2D eigenvalue weighted by molar-refractivity contribution is 9.10. The first-order valence-electron chi connectivity index (χ1n) is 8.58. The molecule has 0 fully saturated rings. The Bertz CT molecular complexity index is 1160. The molecule has 0 saturated carbocycles. The lowest BCUT2D eigenvalue weighted by Gasteiger charge is -2.04. The lowest BCUT2D eigenvalue weighted by Crippen LogP contribution is -2.18. The quantitative estimate of drug-likeness (QED) is 0.314. The van der Waals surface area contributed by atoms with Crippen LogP contribution in [0.2, 0.25) is 0 Å². The van der Waals surface area contributed by atoms with Crippen LogP contribution in [-0.2, 0) is 4.79 Å². The highest BCUT2D eigenvalue weighted by Crippen LogP contribution is 2.32. The molecule has 0 bridgehead atoms. The molecule has 3 rings (SSSR count). The molecule has 0 saturated heterocycles. The second kappa shape index (κ2) is 9.14. The van der Waals surface area contributed by atoms with Gasteiger partial charge in [-0.1, -0.05) is 6.07 Å². The number of hydrazone groups is 1. The molecule has 3 aromatic rings. The van der Waals surface area contributed by atoms with Gasteiger partial charge in [0.1, 0.15) is 11.5 Å². The van der Waals surface area contributed by atoms with E-state index in [0.29, 0.717) is 32.8 Å². The van der Waals surface area contributed by atoms with Crippen molar-refractivity contribution < 1.29 is 18.9 Å². The summed E-state index contributed by atoms with van der Waals surface area (Å²) in [5, 5.41) is 17.3. The van der Waals surface area contributed by atoms with Gasteiger partial charge in [0.15, 0.2) is 0 Å². The summed E-state index contributed by atoms with van der Waals surface area (Å²) in [6.07, 6.45) is 1.33. The van der Waals surface area contributed by atoms with Crippen LogP contribution in [0.4, 0.5) is 11.4 Å². The number of hydrogen-bond acceptors (Lipinski definition) is 6. The molecule has 2 aromatic carbocycles. The number of carbonyl (C=O) groups excluding carboxylic acids is 2. The van der Waals surface area contributed by atoms with Crippen molar-refractivity contribution in [2.45, 2.75) is 6.92 Å². The van der Waals surface area contributed by atoms with Gasteiger partial charge >= 0.3 is 0 Å². The number of hydrogen-bond donors (Lipinski definition) is 2. The van der Waals surface area contributed by atoms with Crippen molar-refractivity contribution in [3.8, 4) is 11.3 Å². The lowest BCUT2D eigenvalue weighted by atomic mass is 10.1. The Labute approximate surface area is 179 Å². The fourth-order valence-corrected chi connectivity index (χ4v) is 3.11. The number of furan rings is 1. The summed E-state index contributed by atoms with van der Waals surface area (Å²) < 4.78 is 6.17. The van der Waals surface area contributed by atoms with Crippen molar-refractivity contribution in [3.63, 3.8) is 0 Å². The fraction of sp³-hybridized carbons (Fsp3) is 0.0500. The molecule has 2 N–H and O–H groups in total. The standard InChI is InChI=1S/C20H15BrN4O5/c1-12(26)23-14-4-2-3-13(9-14)20(27)24-22-11-16-6-8-19(30-16)17-7-5-15(25(28)29)10-18(17)21/h2-11H,1H3,(H,23,26)(H,24,27). The molecule has 0 aliphatic rings. The summed E-state index contributed by atoms with van der Waals surface area (Å²) in [5.41, 5.74) is 3.81. The van der Waals surface area contributed by atoms with Crippen LogP contribution in [0.1, 0.15) is 23.0 Å². The van der Waals surface area contributed by atoms with Crippen LogP contribution in [0, 0.1) is 10.1 Å². The van der Waals surface area contributed by atoms with E-state index in [1.165, 1.54) is 31.3 Å². The zero-order valence-electron chi connectivity index (χ0n) is 15.6. The van der Waals surface area contributed by atoms with Gasteiger partial charge in [-0.05, 0) is 52.3 Å². The molecule has 2 amide bonds. The van der Waals surface area contributed by atoms with Gasteiger partial charge < -0.3 is 9.73 Å². The van der Waals surface area contributed by atoms with Crippen LogP contribution < -0.4 is 10.7 Å². The van der Waals surface area contributed by atoms with Crippen LogP contribution in [0.5, 0.6) is 0 Å². The molecule has 1 aromatic heterocycles. The number of anilines is 1. The van der Waals surface area contributed by atoms with Crippen LogP contribution in [0.3, 0.4) is 0 Å². The Hall–Kier alpha value is -3.79. The summed E-state index contributed by atoms with van der Waals surface area (Å²) >= 11 is 3.30. The number of halogens is 1. The molecular formula is C20H15BrN4O5. The van der Waals surface area contributed by atoms with Crippen molar-refractivity contribution in [1.82, 2.24) is 5.43 Å². The molecule has 0 aliphatic heterocycles. The first-order chi connectivity index (χ1) is 14.3. The van der Waals surface area contributed by atoms with Crippen molar-refractivity contribution in [3.05, 3.63) is 80.5 Å². The Morgan fingerprint density at radius 2 is 1.97 bits per heavy atom. The average Bonchev–Trinajstić information content (AvgIpc) is 3.16. The molecule has 30 heavy (non-hydrogen) atoms. The third kappa shape index (κ3) is 5.17. The Balaban J connectivity index is 1.67. The van der Waals surface area contributed by atoms with Gasteiger partial charge in [-0.2, -0.15) is 5.10 Å². The number of benzene rings is 2. The van der Waals surface area contributed by atoms with Gasteiger partial charge in [-0.25, -0.2) is 5.43 Å². The second-order valence-electron chi connectivity index (χ2n) is 6.08. The van der Waals surface area contributed by atoms with Crippen molar-refractivity contribution >= 4 is 45.3 Å². The highest BCUT2D eigenvalue weighted by Gasteiger charge is 2.13. The smallest absolute Gasteiger partial charge is 0.271 e. The van der Waals surface area contributed by atoms with E-state index in [4.69, 9.17) is 4.42 Å². The van der Waals surface area contributed by atoms with Crippen molar-refractivity contribution in [2.75, 3.05) is 5.32 Å². The first-order valence-corrected chi connectivity index (χ1v) is 9.38. The maximum absolute atomic E-state index is 12.2. The maximum atomic E-state index is 12.2. The van der Waals surface area contributed by atoms with Gasteiger partial charge in [0.25, 0.3) is 11.6 Å². The van der Waals surface area contributed by atoms with Crippen LogP contribution >= 0.6 is 15.9 Å². The average molecular weight is 471 g/mol. The summed E-state index contributed by atoms with van der Waals surface area (Å²) in [4.78, 5) is 33.7. The third-order valence-electron chi connectivity index (χ3n) is 3.86. The molecular weight excluding hydrogens is 456 g/mol. The minimum atomic E-state index is -0.483. The van der Waals surface area contributed by atoms with Crippen LogP contribution in [-0.4, -0.2) is 23.0 Å².